The van der Waals surface area contributed by atoms with Gasteiger partial charge in [0.05, 0.1) is 33.0 Å². The van der Waals surface area contributed by atoms with Crippen LogP contribution in [-0.4, -0.2) is 36.1 Å². The van der Waals surface area contributed by atoms with E-state index in [4.69, 9.17) is 23.7 Å². The quantitative estimate of drug-likeness (QED) is 0.0988. The van der Waals surface area contributed by atoms with Gasteiger partial charge in [0, 0.05) is 10.0 Å². The summed E-state index contributed by atoms with van der Waals surface area (Å²) in [7, 11) is 0. The zero-order chi connectivity index (χ0) is 39.5. The van der Waals surface area contributed by atoms with Gasteiger partial charge in [0.15, 0.2) is 0 Å². The zero-order valence-corrected chi connectivity index (χ0v) is 34.2. The Labute approximate surface area is 345 Å². The average molecular weight is 828 g/mol. The number of rotatable bonds is 17. The first-order valence-corrected chi connectivity index (χ1v) is 20.5. The van der Waals surface area contributed by atoms with E-state index in [1.165, 1.54) is 11.1 Å². The van der Waals surface area contributed by atoms with Crippen molar-refractivity contribution >= 4 is 15.9 Å². The van der Waals surface area contributed by atoms with Gasteiger partial charge in [-0.2, -0.15) is 0 Å². The summed E-state index contributed by atoms with van der Waals surface area (Å²) in [6, 6.07) is 52.9. The number of hydrogen-bond donors (Lipinski definition) is 1. The van der Waals surface area contributed by atoms with Gasteiger partial charge in [0.2, 0.25) is 5.79 Å². The first-order valence-electron chi connectivity index (χ1n) is 19.8. The molecule has 1 fully saturated rings. The van der Waals surface area contributed by atoms with Crippen LogP contribution in [0.3, 0.4) is 0 Å². The average Bonchev–Trinajstić information content (AvgIpc) is 3.25. The van der Waals surface area contributed by atoms with E-state index in [0.717, 1.165) is 44.3 Å². The van der Waals surface area contributed by atoms with Gasteiger partial charge in [-0.1, -0.05) is 168 Å². The molecule has 5 atom stereocenters. The molecule has 0 spiro atoms. The molecule has 0 bridgehead atoms. The molecule has 1 unspecified atom stereocenters. The van der Waals surface area contributed by atoms with Crippen LogP contribution in [0.15, 0.2) is 162 Å². The minimum atomic E-state index is -1.96. The second-order valence-corrected chi connectivity index (χ2v) is 15.6. The number of hydrogen-bond acceptors (Lipinski definition) is 6. The molecule has 0 saturated carbocycles. The van der Waals surface area contributed by atoms with Crippen LogP contribution in [0.25, 0.3) is 0 Å². The molecule has 294 valence electrons. The second-order valence-electron chi connectivity index (χ2n) is 14.7. The largest absolute Gasteiger partial charge is 0.374 e. The molecule has 1 N–H and O–H groups in total. The summed E-state index contributed by atoms with van der Waals surface area (Å²) in [6.07, 6.45) is -1.58. The highest BCUT2D eigenvalue weighted by Crippen LogP contribution is 2.44. The smallest absolute Gasteiger partial charge is 0.223 e. The Hall–Kier alpha value is -4.44. The molecule has 1 saturated heterocycles. The van der Waals surface area contributed by atoms with E-state index >= 15 is 0 Å². The molecule has 1 aliphatic heterocycles. The van der Waals surface area contributed by atoms with Crippen LogP contribution in [-0.2, 0) is 68.7 Å². The predicted molar refractivity (Wildman–Crippen MR) is 227 cm³/mol. The summed E-state index contributed by atoms with van der Waals surface area (Å²) in [5, 5.41) is 13.4. The standard InChI is InChI=1S/C50H51BrO6/c1-3-37-24-26-38(27-25-37)29-43-30-44(36(2)28-45(43)51)50(52)49(56-34-42-22-14-7-15-23-42)48(55-33-41-20-12-6-13-21-41)47(54-32-40-18-10-5-11-19-40)46(57-50)35-53-31-39-16-8-4-9-17-39/h4-28,30,46-49,52H,3,29,31-35H2,1-2H3/t46-,47-,48+,49-,50?/m1/s1. The van der Waals surface area contributed by atoms with E-state index in [2.05, 4.69) is 53.2 Å². The van der Waals surface area contributed by atoms with Crippen molar-refractivity contribution in [3.63, 3.8) is 0 Å². The monoisotopic (exact) mass is 826 g/mol. The van der Waals surface area contributed by atoms with Crippen molar-refractivity contribution in [3.8, 4) is 0 Å². The van der Waals surface area contributed by atoms with E-state index in [-0.39, 0.29) is 19.8 Å². The minimum absolute atomic E-state index is 0.138. The number of ether oxygens (including phenoxy) is 5. The van der Waals surface area contributed by atoms with Gasteiger partial charge >= 0.3 is 0 Å². The third kappa shape index (κ3) is 10.6. The lowest BCUT2D eigenvalue weighted by Crippen LogP contribution is -2.65. The third-order valence-electron chi connectivity index (χ3n) is 10.5. The fourth-order valence-corrected chi connectivity index (χ4v) is 8.02. The number of benzene rings is 6. The van der Waals surface area contributed by atoms with E-state index in [1.807, 2.05) is 134 Å². The number of aryl methyl sites for hydroxylation is 2. The van der Waals surface area contributed by atoms with Crippen molar-refractivity contribution in [1.82, 2.24) is 0 Å². The molecule has 7 rings (SSSR count). The van der Waals surface area contributed by atoms with E-state index in [0.29, 0.717) is 25.2 Å². The van der Waals surface area contributed by atoms with Crippen LogP contribution < -0.4 is 0 Å². The fourth-order valence-electron chi connectivity index (χ4n) is 7.42. The van der Waals surface area contributed by atoms with Crippen LogP contribution in [0, 0.1) is 6.92 Å². The van der Waals surface area contributed by atoms with Crippen molar-refractivity contribution in [2.24, 2.45) is 0 Å². The molecule has 0 aliphatic carbocycles. The summed E-state index contributed by atoms with van der Waals surface area (Å²) in [5.74, 6) is -1.96. The SMILES string of the molecule is CCc1ccc(Cc2cc(C3(O)O[C@H](COCc4ccccc4)[C@@H](OCc4ccccc4)[C@H](OCc4ccccc4)[C@H]3OCc3ccccc3)c(C)cc2Br)cc1. The van der Waals surface area contributed by atoms with Crippen LogP contribution >= 0.6 is 15.9 Å². The topological polar surface area (TPSA) is 66.4 Å². The van der Waals surface area contributed by atoms with E-state index in [9.17, 15) is 5.11 Å². The Bertz CT molecular complexity index is 2110. The molecule has 6 aromatic carbocycles. The molecular formula is C50H51BrO6. The summed E-state index contributed by atoms with van der Waals surface area (Å²) < 4.78 is 35.0. The summed E-state index contributed by atoms with van der Waals surface area (Å²) in [6.45, 7) is 5.45. The number of aliphatic hydroxyl groups is 1. The first-order chi connectivity index (χ1) is 27.9. The maximum atomic E-state index is 13.4. The molecule has 57 heavy (non-hydrogen) atoms. The van der Waals surface area contributed by atoms with Crippen LogP contribution in [0.4, 0.5) is 0 Å². The van der Waals surface area contributed by atoms with Crippen molar-refractivity contribution in [2.45, 2.75) is 83.3 Å². The van der Waals surface area contributed by atoms with Crippen molar-refractivity contribution in [2.75, 3.05) is 6.61 Å². The summed E-state index contributed by atoms with van der Waals surface area (Å²) in [5.41, 5.74) is 8.91. The summed E-state index contributed by atoms with van der Waals surface area (Å²) in [4.78, 5) is 0. The van der Waals surface area contributed by atoms with Crippen molar-refractivity contribution in [3.05, 3.63) is 212 Å². The highest BCUT2D eigenvalue weighted by Gasteiger charge is 2.57. The van der Waals surface area contributed by atoms with Crippen LogP contribution in [0.1, 0.15) is 57.0 Å². The first kappa shape index (κ1) is 40.7. The number of halogens is 1. The molecule has 0 aromatic heterocycles. The molecular weight excluding hydrogens is 776 g/mol. The van der Waals surface area contributed by atoms with Crippen molar-refractivity contribution < 1.29 is 28.8 Å². The lowest BCUT2D eigenvalue weighted by molar-refractivity contribution is -0.378. The Kier molecular flexibility index (Phi) is 14.2. The zero-order valence-electron chi connectivity index (χ0n) is 32.6. The Morgan fingerprint density at radius 1 is 0.579 bits per heavy atom. The minimum Gasteiger partial charge on any atom is -0.374 e. The second kappa shape index (κ2) is 19.8. The van der Waals surface area contributed by atoms with Gasteiger partial charge in [-0.15, -0.1) is 0 Å². The van der Waals surface area contributed by atoms with Crippen molar-refractivity contribution in [1.29, 1.82) is 0 Å². The normalized spacial score (nSPS) is 20.7. The van der Waals surface area contributed by atoms with Gasteiger partial charge in [0.1, 0.15) is 24.4 Å². The van der Waals surface area contributed by atoms with E-state index < -0.39 is 30.2 Å². The maximum Gasteiger partial charge on any atom is 0.223 e. The molecule has 0 radical (unpaired) electrons. The molecule has 7 heteroatoms. The molecule has 1 aliphatic rings. The van der Waals surface area contributed by atoms with Gasteiger partial charge in [-0.05, 0) is 76.4 Å². The van der Waals surface area contributed by atoms with Crippen LogP contribution in [0.2, 0.25) is 0 Å². The Morgan fingerprint density at radius 2 is 1.05 bits per heavy atom. The van der Waals surface area contributed by atoms with Gasteiger partial charge in [-0.25, -0.2) is 0 Å². The summed E-state index contributed by atoms with van der Waals surface area (Å²) >= 11 is 3.85. The van der Waals surface area contributed by atoms with Gasteiger partial charge in [-0.3, -0.25) is 0 Å². The predicted octanol–water partition coefficient (Wildman–Crippen LogP) is 10.4. The lowest BCUT2D eigenvalue weighted by Gasteiger charge is -2.51. The van der Waals surface area contributed by atoms with Crippen LogP contribution in [0.5, 0.6) is 0 Å². The van der Waals surface area contributed by atoms with Gasteiger partial charge < -0.3 is 28.8 Å². The molecule has 1 heterocycles. The molecule has 6 aromatic rings. The highest BCUT2D eigenvalue weighted by molar-refractivity contribution is 9.10. The Balaban J connectivity index is 1.31. The fraction of sp³-hybridized carbons (Fsp3) is 0.280. The van der Waals surface area contributed by atoms with Gasteiger partial charge in [0.25, 0.3) is 0 Å². The lowest BCUT2D eigenvalue weighted by atomic mass is 9.84. The maximum absolute atomic E-state index is 13.4. The Morgan fingerprint density at radius 3 is 1.58 bits per heavy atom. The van der Waals surface area contributed by atoms with E-state index in [1.54, 1.807) is 0 Å². The molecule has 0 amide bonds. The third-order valence-corrected chi connectivity index (χ3v) is 11.3. The molecule has 6 nitrogen and oxygen atoms in total. The highest BCUT2D eigenvalue weighted by atomic mass is 79.9.